The zero-order valence-electron chi connectivity index (χ0n) is 13.1. The van der Waals surface area contributed by atoms with Gasteiger partial charge in [0, 0.05) is 12.6 Å². The predicted molar refractivity (Wildman–Crippen MR) is 79.1 cm³/mol. The van der Waals surface area contributed by atoms with E-state index in [2.05, 4.69) is 26.1 Å². The lowest BCUT2D eigenvalue weighted by Gasteiger charge is -2.32. The summed E-state index contributed by atoms with van der Waals surface area (Å²) in [6.45, 7) is 10.4. The summed E-state index contributed by atoms with van der Waals surface area (Å²) in [6, 6.07) is 0.585. The second-order valence-corrected chi connectivity index (χ2v) is 6.60. The van der Waals surface area contributed by atoms with E-state index in [1.807, 2.05) is 6.92 Å². The Labute approximate surface area is 118 Å². The largest absolute Gasteiger partial charge is 0.466 e. The number of ether oxygens (including phenoxy) is 1. The van der Waals surface area contributed by atoms with Gasteiger partial charge in [0.1, 0.15) is 0 Å². The monoisotopic (exact) mass is 269 g/mol. The summed E-state index contributed by atoms with van der Waals surface area (Å²) in [7, 11) is 0. The quantitative estimate of drug-likeness (QED) is 0.719. The molecule has 0 spiro atoms. The second kappa shape index (κ2) is 7.88. The van der Waals surface area contributed by atoms with Crippen LogP contribution in [0.2, 0.25) is 0 Å². The Hall–Kier alpha value is -0.570. The molecule has 0 aromatic rings. The van der Waals surface area contributed by atoms with Crippen molar-refractivity contribution < 1.29 is 9.53 Å². The van der Waals surface area contributed by atoms with Crippen LogP contribution in [0.25, 0.3) is 0 Å². The van der Waals surface area contributed by atoms with Gasteiger partial charge in [-0.05, 0) is 44.4 Å². The van der Waals surface area contributed by atoms with Crippen molar-refractivity contribution in [2.45, 2.75) is 72.3 Å². The van der Waals surface area contributed by atoms with E-state index in [4.69, 9.17) is 4.74 Å². The van der Waals surface area contributed by atoms with Crippen molar-refractivity contribution >= 4 is 5.97 Å². The standard InChI is InChI=1S/C16H31NO2/c1-5-11-16(3,4)12-17-14-9-7-13(8-10-14)15(18)19-6-2/h13-14,17H,5-12H2,1-4H3. The summed E-state index contributed by atoms with van der Waals surface area (Å²) < 4.78 is 5.10. The van der Waals surface area contributed by atoms with E-state index in [1.165, 1.54) is 12.8 Å². The molecule has 0 aromatic carbocycles. The zero-order valence-corrected chi connectivity index (χ0v) is 13.1. The maximum Gasteiger partial charge on any atom is 0.308 e. The normalized spacial score (nSPS) is 24.2. The van der Waals surface area contributed by atoms with Crippen LogP contribution in [0.1, 0.15) is 66.2 Å². The number of carbonyl (C=O) groups excluding carboxylic acids is 1. The highest BCUT2D eigenvalue weighted by atomic mass is 16.5. The third-order valence-corrected chi connectivity index (χ3v) is 4.14. The molecule has 1 aliphatic carbocycles. The summed E-state index contributed by atoms with van der Waals surface area (Å²) >= 11 is 0. The van der Waals surface area contributed by atoms with Crippen LogP contribution in [0.4, 0.5) is 0 Å². The number of nitrogens with one attached hydrogen (secondary N) is 1. The fraction of sp³-hybridized carbons (Fsp3) is 0.938. The van der Waals surface area contributed by atoms with E-state index in [-0.39, 0.29) is 11.9 Å². The molecule has 112 valence electrons. The van der Waals surface area contributed by atoms with Crippen LogP contribution >= 0.6 is 0 Å². The molecule has 19 heavy (non-hydrogen) atoms. The van der Waals surface area contributed by atoms with Crippen molar-refractivity contribution in [2.75, 3.05) is 13.2 Å². The van der Waals surface area contributed by atoms with Crippen molar-refractivity contribution in [3.05, 3.63) is 0 Å². The second-order valence-electron chi connectivity index (χ2n) is 6.60. The first-order valence-electron chi connectivity index (χ1n) is 7.88. The third kappa shape index (κ3) is 5.94. The topological polar surface area (TPSA) is 38.3 Å². The summed E-state index contributed by atoms with van der Waals surface area (Å²) in [5.41, 5.74) is 0.382. The molecule has 0 radical (unpaired) electrons. The smallest absolute Gasteiger partial charge is 0.308 e. The molecule has 3 heteroatoms. The lowest BCUT2D eigenvalue weighted by atomic mass is 9.84. The Morgan fingerprint density at radius 1 is 1.21 bits per heavy atom. The van der Waals surface area contributed by atoms with Crippen molar-refractivity contribution in [2.24, 2.45) is 11.3 Å². The van der Waals surface area contributed by atoms with E-state index in [1.54, 1.807) is 0 Å². The molecule has 0 amide bonds. The molecule has 0 heterocycles. The average molecular weight is 269 g/mol. The Morgan fingerprint density at radius 3 is 2.37 bits per heavy atom. The molecule has 0 bridgehead atoms. The van der Waals surface area contributed by atoms with Gasteiger partial charge in [0.15, 0.2) is 0 Å². The van der Waals surface area contributed by atoms with Gasteiger partial charge < -0.3 is 10.1 Å². The summed E-state index contributed by atoms with van der Waals surface area (Å²) in [5.74, 6) is 0.147. The molecule has 0 unspecified atom stereocenters. The molecule has 1 rings (SSSR count). The fourth-order valence-electron chi connectivity index (χ4n) is 2.98. The summed E-state index contributed by atoms with van der Waals surface area (Å²) in [6.07, 6.45) is 6.66. The predicted octanol–water partition coefficient (Wildman–Crippen LogP) is 3.52. The minimum Gasteiger partial charge on any atom is -0.466 e. The molecule has 1 N–H and O–H groups in total. The summed E-state index contributed by atoms with van der Waals surface area (Å²) in [5, 5.41) is 3.69. The third-order valence-electron chi connectivity index (χ3n) is 4.14. The van der Waals surface area contributed by atoms with Crippen LogP contribution in [-0.2, 0) is 9.53 Å². The van der Waals surface area contributed by atoms with Gasteiger partial charge in [-0.3, -0.25) is 4.79 Å². The molecule has 3 nitrogen and oxygen atoms in total. The average Bonchev–Trinajstić information content (AvgIpc) is 2.37. The van der Waals surface area contributed by atoms with E-state index < -0.39 is 0 Å². The Kier molecular flexibility index (Phi) is 6.84. The van der Waals surface area contributed by atoms with Gasteiger partial charge >= 0.3 is 5.97 Å². The van der Waals surface area contributed by atoms with Crippen LogP contribution in [0, 0.1) is 11.3 Å². The Morgan fingerprint density at radius 2 is 1.84 bits per heavy atom. The molecule has 1 aliphatic rings. The molecule has 1 saturated carbocycles. The van der Waals surface area contributed by atoms with Crippen molar-refractivity contribution in [3.63, 3.8) is 0 Å². The minimum absolute atomic E-state index is 0.00672. The fourth-order valence-corrected chi connectivity index (χ4v) is 2.98. The Bertz CT molecular complexity index is 268. The van der Waals surface area contributed by atoms with Crippen molar-refractivity contribution in [3.8, 4) is 0 Å². The zero-order chi connectivity index (χ0) is 14.3. The van der Waals surface area contributed by atoms with Crippen LogP contribution < -0.4 is 5.32 Å². The minimum atomic E-state index is 0.00672. The van der Waals surface area contributed by atoms with E-state index in [0.29, 0.717) is 18.1 Å². The van der Waals surface area contributed by atoms with Gasteiger partial charge in [0.05, 0.1) is 12.5 Å². The first-order chi connectivity index (χ1) is 8.98. The summed E-state index contributed by atoms with van der Waals surface area (Å²) in [4.78, 5) is 11.7. The lowest BCUT2D eigenvalue weighted by molar-refractivity contribution is -0.149. The highest BCUT2D eigenvalue weighted by Gasteiger charge is 2.28. The van der Waals surface area contributed by atoms with Gasteiger partial charge in [-0.15, -0.1) is 0 Å². The molecule has 0 aromatic heterocycles. The van der Waals surface area contributed by atoms with Gasteiger partial charge in [0.25, 0.3) is 0 Å². The van der Waals surface area contributed by atoms with Gasteiger partial charge in [-0.1, -0.05) is 27.2 Å². The highest BCUT2D eigenvalue weighted by Crippen LogP contribution is 2.27. The van der Waals surface area contributed by atoms with Gasteiger partial charge in [-0.25, -0.2) is 0 Å². The number of rotatable bonds is 7. The van der Waals surface area contributed by atoms with Crippen LogP contribution in [-0.4, -0.2) is 25.2 Å². The molecular formula is C16H31NO2. The maximum absolute atomic E-state index is 11.7. The van der Waals surface area contributed by atoms with Crippen molar-refractivity contribution in [1.29, 1.82) is 0 Å². The first-order valence-corrected chi connectivity index (χ1v) is 7.88. The molecule has 0 atom stereocenters. The van der Waals surface area contributed by atoms with Crippen LogP contribution in [0.15, 0.2) is 0 Å². The van der Waals surface area contributed by atoms with Gasteiger partial charge in [0.2, 0.25) is 0 Å². The highest BCUT2D eigenvalue weighted by molar-refractivity contribution is 5.72. The number of hydrogen-bond acceptors (Lipinski definition) is 3. The van der Waals surface area contributed by atoms with Crippen LogP contribution in [0.3, 0.4) is 0 Å². The first kappa shape index (κ1) is 16.5. The van der Waals surface area contributed by atoms with E-state index >= 15 is 0 Å². The molecule has 0 saturated heterocycles. The lowest BCUT2D eigenvalue weighted by Crippen LogP contribution is -2.40. The molecule has 0 aliphatic heterocycles. The van der Waals surface area contributed by atoms with E-state index in [9.17, 15) is 4.79 Å². The molecule has 1 fully saturated rings. The maximum atomic E-state index is 11.7. The van der Waals surface area contributed by atoms with Gasteiger partial charge in [-0.2, -0.15) is 0 Å². The molecular weight excluding hydrogens is 238 g/mol. The number of esters is 1. The van der Waals surface area contributed by atoms with E-state index in [0.717, 1.165) is 32.2 Å². The van der Waals surface area contributed by atoms with Crippen LogP contribution in [0.5, 0.6) is 0 Å². The number of carbonyl (C=O) groups is 1. The SMILES string of the molecule is CCCC(C)(C)CNC1CCC(C(=O)OCC)CC1. The Balaban J connectivity index is 2.25. The van der Waals surface area contributed by atoms with Crippen molar-refractivity contribution in [1.82, 2.24) is 5.32 Å². The number of hydrogen-bond donors (Lipinski definition) is 1.